The molecule has 3 heterocycles. The van der Waals surface area contributed by atoms with E-state index in [2.05, 4.69) is 0 Å². The monoisotopic (exact) mass is 434 g/mol. The smallest absolute Gasteiger partial charge is 0.240 e. The molecule has 3 aromatic rings. The van der Waals surface area contributed by atoms with Crippen molar-refractivity contribution in [3.8, 4) is 0 Å². The number of nitrogens with zero attached hydrogens (tertiary/aromatic N) is 2. The largest absolute Gasteiger partial charge is 0.352 e. The van der Waals surface area contributed by atoms with Crippen LogP contribution in [0.1, 0.15) is 21.5 Å². The fourth-order valence-corrected chi connectivity index (χ4v) is 5.54. The van der Waals surface area contributed by atoms with E-state index in [4.69, 9.17) is 0 Å². The van der Waals surface area contributed by atoms with Crippen molar-refractivity contribution in [1.82, 2.24) is 0 Å². The lowest BCUT2D eigenvalue weighted by atomic mass is 9.86. The van der Waals surface area contributed by atoms with Crippen molar-refractivity contribution in [2.45, 2.75) is 19.0 Å². The minimum atomic E-state index is -0.750. The first-order valence-electron chi connectivity index (χ1n) is 11.2. The van der Waals surface area contributed by atoms with Gasteiger partial charge < -0.3 is 4.90 Å². The Kier molecular flexibility index (Phi) is 4.34. The summed E-state index contributed by atoms with van der Waals surface area (Å²) in [6.07, 6.45) is 3.97. The Hall–Kier alpha value is -3.99. The van der Waals surface area contributed by atoms with E-state index in [9.17, 15) is 14.4 Å². The van der Waals surface area contributed by atoms with Gasteiger partial charge in [-0.1, -0.05) is 78.4 Å². The van der Waals surface area contributed by atoms with E-state index in [0.29, 0.717) is 11.3 Å². The Balaban J connectivity index is 1.50. The number of carbonyl (C=O) groups excluding carboxylic acids is 3. The van der Waals surface area contributed by atoms with E-state index < -0.39 is 17.9 Å². The van der Waals surface area contributed by atoms with Gasteiger partial charge >= 0.3 is 0 Å². The van der Waals surface area contributed by atoms with Crippen molar-refractivity contribution in [3.05, 3.63) is 102 Å². The van der Waals surface area contributed by atoms with Crippen molar-refractivity contribution in [3.63, 3.8) is 0 Å². The Morgan fingerprint density at radius 3 is 2.21 bits per heavy atom. The summed E-state index contributed by atoms with van der Waals surface area (Å²) in [6, 6.07) is 23.1. The number of hydrogen-bond acceptors (Lipinski definition) is 4. The van der Waals surface area contributed by atoms with E-state index in [-0.39, 0.29) is 23.6 Å². The van der Waals surface area contributed by atoms with Crippen molar-refractivity contribution in [2.24, 2.45) is 11.8 Å². The third kappa shape index (κ3) is 2.82. The molecule has 2 saturated heterocycles. The molecule has 5 nitrogen and oxygen atoms in total. The quantitative estimate of drug-likeness (QED) is 0.456. The van der Waals surface area contributed by atoms with Crippen LogP contribution in [0.15, 0.2) is 84.9 Å². The number of hydrogen-bond donors (Lipinski definition) is 0. The van der Waals surface area contributed by atoms with Crippen LogP contribution in [0.25, 0.3) is 6.08 Å². The number of ketones is 1. The van der Waals surface area contributed by atoms with Gasteiger partial charge in [-0.3, -0.25) is 14.4 Å². The zero-order valence-corrected chi connectivity index (χ0v) is 18.1. The minimum absolute atomic E-state index is 0.134. The summed E-state index contributed by atoms with van der Waals surface area (Å²) in [5.74, 6) is -2.03. The summed E-state index contributed by atoms with van der Waals surface area (Å²) in [6.45, 7) is 1.96. The number of anilines is 2. The molecule has 0 spiro atoms. The van der Waals surface area contributed by atoms with Crippen molar-refractivity contribution < 1.29 is 14.4 Å². The molecule has 0 aromatic heterocycles. The third-order valence-electron chi connectivity index (χ3n) is 7.03. The second-order valence-electron chi connectivity index (χ2n) is 8.89. The number of benzene rings is 3. The highest BCUT2D eigenvalue weighted by molar-refractivity contribution is 6.25. The van der Waals surface area contributed by atoms with Gasteiger partial charge in [-0.05, 0) is 30.7 Å². The van der Waals surface area contributed by atoms with E-state index in [1.807, 2.05) is 78.6 Å². The van der Waals surface area contributed by atoms with E-state index >= 15 is 0 Å². The predicted octanol–water partition coefficient (Wildman–Crippen LogP) is 4.27. The second kappa shape index (κ2) is 7.27. The van der Waals surface area contributed by atoms with Crippen LogP contribution in [0.4, 0.5) is 11.4 Å². The van der Waals surface area contributed by atoms with Crippen LogP contribution in [0, 0.1) is 18.8 Å². The van der Waals surface area contributed by atoms with Crippen LogP contribution in [-0.4, -0.2) is 29.7 Å². The molecule has 3 aliphatic rings. The molecule has 0 aliphatic carbocycles. The first kappa shape index (κ1) is 19.7. The van der Waals surface area contributed by atoms with Gasteiger partial charge in [0.25, 0.3) is 0 Å². The first-order valence-corrected chi connectivity index (χ1v) is 11.2. The van der Waals surface area contributed by atoms with Gasteiger partial charge in [-0.2, -0.15) is 0 Å². The maximum absolute atomic E-state index is 13.8. The molecule has 0 bridgehead atoms. The minimum Gasteiger partial charge on any atom is -0.352 e. The number of carbonyl (C=O) groups is 3. The molecular weight excluding hydrogens is 412 g/mol. The Labute approximate surface area is 191 Å². The summed E-state index contributed by atoms with van der Waals surface area (Å²) < 4.78 is 0. The second-order valence-corrected chi connectivity index (χ2v) is 8.89. The lowest BCUT2D eigenvalue weighted by molar-refractivity contribution is -0.122. The average Bonchev–Trinajstić information content (AvgIpc) is 3.33. The van der Waals surface area contributed by atoms with Crippen LogP contribution in [-0.2, 0) is 9.59 Å². The zero-order chi connectivity index (χ0) is 22.7. The number of aryl methyl sites for hydroxylation is 1. The SMILES string of the molecule is Cc1ccc(N2C(=O)[C@@H]3[C@H](C2=O)[C@H](C(=O)c2ccccc2)N2c4ccccc4C=C[C@H]32)cc1. The molecule has 3 aliphatic heterocycles. The highest BCUT2D eigenvalue weighted by atomic mass is 16.2. The fraction of sp³-hybridized carbons (Fsp3) is 0.179. The van der Waals surface area contributed by atoms with Crippen molar-refractivity contribution in [1.29, 1.82) is 0 Å². The third-order valence-corrected chi connectivity index (χ3v) is 7.03. The number of para-hydroxylation sites is 1. The number of rotatable bonds is 3. The Bertz CT molecular complexity index is 1310. The number of fused-ring (bicyclic) bond motifs is 5. The molecule has 162 valence electrons. The summed E-state index contributed by atoms with van der Waals surface area (Å²) >= 11 is 0. The number of imide groups is 1. The van der Waals surface area contributed by atoms with E-state index in [0.717, 1.165) is 16.8 Å². The Morgan fingerprint density at radius 1 is 0.788 bits per heavy atom. The van der Waals surface area contributed by atoms with E-state index in [1.165, 1.54) is 4.90 Å². The fourth-order valence-electron chi connectivity index (χ4n) is 5.54. The molecule has 6 rings (SSSR count). The first-order chi connectivity index (χ1) is 16.1. The van der Waals surface area contributed by atoms with Crippen molar-refractivity contribution in [2.75, 3.05) is 9.80 Å². The van der Waals surface area contributed by atoms with Crippen LogP contribution in [0.3, 0.4) is 0 Å². The van der Waals surface area contributed by atoms with Gasteiger partial charge in [-0.25, -0.2) is 4.90 Å². The molecule has 0 N–H and O–H groups in total. The zero-order valence-electron chi connectivity index (χ0n) is 18.1. The summed E-state index contributed by atoms with van der Waals surface area (Å²) in [4.78, 5) is 44.6. The number of amides is 2. The molecule has 4 atom stereocenters. The van der Waals surface area contributed by atoms with Gasteiger partial charge in [0.1, 0.15) is 6.04 Å². The molecule has 0 unspecified atom stereocenters. The van der Waals surface area contributed by atoms with Crippen LogP contribution < -0.4 is 9.80 Å². The lowest BCUT2D eigenvalue weighted by Gasteiger charge is -2.36. The van der Waals surface area contributed by atoms with Gasteiger partial charge in [0.2, 0.25) is 11.8 Å². The molecular formula is C28H22N2O3. The molecule has 33 heavy (non-hydrogen) atoms. The summed E-state index contributed by atoms with van der Waals surface area (Å²) in [5.41, 5.74) is 4.02. The molecule has 0 saturated carbocycles. The van der Waals surface area contributed by atoms with Gasteiger partial charge in [-0.15, -0.1) is 0 Å². The van der Waals surface area contributed by atoms with Gasteiger partial charge in [0.15, 0.2) is 5.78 Å². The van der Waals surface area contributed by atoms with Gasteiger partial charge in [0.05, 0.1) is 23.6 Å². The highest BCUT2D eigenvalue weighted by Crippen LogP contribution is 2.49. The molecule has 0 radical (unpaired) electrons. The van der Waals surface area contributed by atoms with Crippen LogP contribution >= 0.6 is 0 Å². The van der Waals surface area contributed by atoms with E-state index in [1.54, 1.807) is 24.3 Å². The summed E-state index contributed by atoms with van der Waals surface area (Å²) in [5, 5.41) is 0. The predicted molar refractivity (Wildman–Crippen MR) is 127 cm³/mol. The maximum Gasteiger partial charge on any atom is 0.240 e. The average molecular weight is 434 g/mol. The Morgan fingerprint density at radius 2 is 1.45 bits per heavy atom. The number of Topliss-reactive ketones (excluding diaryl/α,β-unsaturated/α-hetero) is 1. The van der Waals surface area contributed by atoms with Crippen LogP contribution in [0.5, 0.6) is 0 Å². The van der Waals surface area contributed by atoms with Crippen LogP contribution in [0.2, 0.25) is 0 Å². The van der Waals surface area contributed by atoms with Gasteiger partial charge in [0, 0.05) is 11.3 Å². The molecule has 5 heteroatoms. The standard InChI is InChI=1S/C28H22N2O3/c1-17-11-14-20(15-12-17)29-27(32)23-22-16-13-18-7-5-6-10-21(18)30(22)25(24(23)28(29)33)26(31)19-8-3-2-4-9-19/h2-16,22-25H,1H3/t22-,23+,24+,25-/m1/s1. The van der Waals surface area contributed by atoms with Crippen molar-refractivity contribution >= 4 is 35.0 Å². The molecule has 3 aromatic carbocycles. The molecule has 2 amide bonds. The normalized spacial score (nSPS) is 25.1. The summed E-state index contributed by atoms with van der Waals surface area (Å²) in [7, 11) is 0. The highest BCUT2D eigenvalue weighted by Gasteiger charge is 2.64. The lowest BCUT2D eigenvalue weighted by Crippen LogP contribution is -2.48. The molecule has 2 fully saturated rings. The topological polar surface area (TPSA) is 57.7 Å². The maximum atomic E-state index is 13.8.